The Hall–Kier alpha value is -1.70. The van der Waals surface area contributed by atoms with Crippen LogP contribution in [0, 0.1) is 0 Å². The molecule has 0 saturated carbocycles. The smallest absolute Gasteiger partial charge is 0.357 e. The van der Waals surface area contributed by atoms with Crippen molar-refractivity contribution < 1.29 is 28.5 Å². The summed E-state index contributed by atoms with van der Waals surface area (Å²) >= 11 is 5.97. The van der Waals surface area contributed by atoms with E-state index in [9.17, 15) is 9.59 Å². The first-order valence-electron chi connectivity index (χ1n) is 5.42. The number of rotatable bonds is 5. The first-order chi connectivity index (χ1) is 9.49. The van der Waals surface area contributed by atoms with Crippen molar-refractivity contribution in [3.8, 4) is 0 Å². The number of ether oxygens (including phenoxy) is 4. The molecule has 0 atom stereocenters. The van der Waals surface area contributed by atoms with E-state index in [-0.39, 0.29) is 16.4 Å². The molecule has 0 bridgehead atoms. The number of carbonyl (C=O) groups is 2. The summed E-state index contributed by atoms with van der Waals surface area (Å²) in [6.07, 6.45) is -0.829. The van der Waals surface area contributed by atoms with Crippen molar-refractivity contribution in [3.05, 3.63) is 28.0 Å². The highest BCUT2D eigenvalue weighted by Gasteiger charge is 2.25. The van der Waals surface area contributed by atoms with Crippen molar-refractivity contribution in [1.29, 1.82) is 0 Å². The van der Waals surface area contributed by atoms with Gasteiger partial charge in [-0.15, -0.1) is 0 Å². The van der Waals surface area contributed by atoms with Gasteiger partial charge in [-0.3, -0.25) is 0 Å². The van der Waals surface area contributed by atoms with Gasteiger partial charge in [-0.25, -0.2) is 14.6 Å². The number of carbonyl (C=O) groups excluding carboxylic acids is 2. The maximum atomic E-state index is 11.7. The Morgan fingerprint density at radius 1 is 1.10 bits per heavy atom. The van der Waals surface area contributed by atoms with Gasteiger partial charge in [-0.1, -0.05) is 11.6 Å². The summed E-state index contributed by atoms with van der Waals surface area (Å²) in [6, 6.07) is 1.32. The number of hydrogen-bond acceptors (Lipinski definition) is 7. The molecule has 8 heteroatoms. The zero-order valence-corrected chi connectivity index (χ0v) is 12.2. The maximum absolute atomic E-state index is 11.7. The fraction of sp³-hybridized carbons (Fsp3) is 0.417. The summed E-state index contributed by atoms with van der Waals surface area (Å²) in [5, 5.41) is -0.0354. The molecule has 1 aromatic rings. The van der Waals surface area contributed by atoms with Gasteiger partial charge in [0.15, 0.2) is 12.0 Å². The molecule has 0 aliphatic rings. The summed E-state index contributed by atoms with van der Waals surface area (Å²) in [5.74, 6) is -1.55. The summed E-state index contributed by atoms with van der Waals surface area (Å²) in [6.45, 7) is 0. The van der Waals surface area contributed by atoms with Gasteiger partial charge in [0.05, 0.1) is 19.8 Å². The average molecular weight is 304 g/mol. The van der Waals surface area contributed by atoms with E-state index >= 15 is 0 Å². The quantitative estimate of drug-likeness (QED) is 0.464. The normalized spacial score (nSPS) is 10.5. The average Bonchev–Trinajstić information content (AvgIpc) is 2.47. The topological polar surface area (TPSA) is 84.0 Å². The van der Waals surface area contributed by atoms with Crippen LogP contribution in [0.25, 0.3) is 0 Å². The van der Waals surface area contributed by atoms with E-state index in [1.807, 2.05) is 0 Å². The van der Waals surface area contributed by atoms with Gasteiger partial charge in [0, 0.05) is 19.8 Å². The summed E-state index contributed by atoms with van der Waals surface area (Å²) < 4.78 is 19.2. The lowest BCUT2D eigenvalue weighted by Gasteiger charge is -2.16. The molecule has 0 N–H and O–H groups in total. The lowest BCUT2D eigenvalue weighted by Crippen LogP contribution is -2.17. The van der Waals surface area contributed by atoms with Gasteiger partial charge in [0.25, 0.3) is 0 Å². The standard InChI is InChI=1S/C12H14ClNO6/c1-17-10(15)6-5-7(12(19-3)20-4)9(13)14-8(6)11(16)18-2/h5,12H,1-4H3. The molecule has 0 saturated heterocycles. The van der Waals surface area contributed by atoms with Crippen molar-refractivity contribution in [3.63, 3.8) is 0 Å². The number of halogens is 1. The van der Waals surface area contributed by atoms with E-state index in [0.29, 0.717) is 5.56 Å². The first kappa shape index (κ1) is 16.4. The molecule has 0 spiro atoms. The number of methoxy groups -OCH3 is 4. The lowest BCUT2D eigenvalue weighted by atomic mass is 10.1. The molecule has 0 unspecified atom stereocenters. The summed E-state index contributed by atoms with van der Waals surface area (Å²) in [5.41, 5.74) is -0.0263. The van der Waals surface area contributed by atoms with E-state index in [1.54, 1.807) is 0 Å². The Kier molecular flexibility index (Phi) is 5.87. The van der Waals surface area contributed by atoms with Crippen LogP contribution in [0.5, 0.6) is 0 Å². The molecule has 0 aliphatic heterocycles. The predicted molar refractivity (Wildman–Crippen MR) is 68.7 cm³/mol. The van der Waals surface area contributed by atoms with E-state index in [4.69, 9.17) is 21.1 Å². The second kappa shape index (κ2) is 7.18. The lowest BCUT2D eigenvalue weighted by molar-refractivity contribution is -0.106. The number of hydrogen-bond donors (Lipinski definition) is 0. The van der Waals surface area contributed by atoms with Gasteiger partial charge in [0.1, 0.15) is 5.15 Å². The fourth-order valence-electron chi connectivity index (χ4n) is 1.54. The molecule has 7 nitrogen and oxygen atoms in total. The Bertz CT molecular complexity index is 515. The Morgan fingerprint density at radius 3 is 2.10 bits per heavy atom. The van der Waals surface area contributed by atoms with E-state index in [1.165, 1.54) is 34.5 Å². The largest absolute Gasteiger partial charge is 0.465 e. The molecule has 0 aromatic carbocycles. The SMILES string of the molecule is COC(=O)c1cc(C(OC)OC)c(Cl)nc1C(=O)OC. The van der Waals surface area contributed by atoms with E-state index in [2.05, 4.69) is 14.5 Å². The molecule has 1 rings (SSSR count). The van der Waals surface area contributed by atoms with Crippen LogP contribution >= 0.6 is 11.6 Å². The van der Waals surface area contributed by atoms with Crippen LogP contribution in [-0.4, -0.2) is 45.4 Å². The van der Waals surface area contributed by atoms with Crippen LogP contribution in [0.2, 0.25) is 5.15 Å². The van der Waals surface area contributed by atoms with Crippen molar-refractivity contribution in [1.82, 2.24) is 4.98 Å². The highest BCUT2D eigenvalue weighted by atomic mass is 35.5. The minimum absolute atomic E-state index is 0.0354. The number of pyridine rings is 1. The third-order valence-corrected chi connectivity index (χ3v) is 2.77. The van der Waals surface area contributed by atoms with Crippen molar-refractivity contribution in [2.75, 3.05) is 28.4 Å². The molecule has 1 heterocycles. The highest BCUT2D eigenvalue weighted by molar-refractivity contribution is 6.30. The zero-order chi connectivity index (χ0) is 15.3. The molecular formula is C12H14ClNO6. The van der Waals surface area contributed by atoms with Gasteiger partial charge >= 0.3 is 11.9 Å². The van der Waals surface area contributed by atoms with Gasteiger partial charge in [0.2, 0.25) is 0 Å². The number of aromatic nitrogens is 1. The van der Waals surface area contributed by atoms with Gasteiger partial charge < -0.3 is 18.9 Å². The molecule has 0 aliphatic carbocycles. The first-order valence-corrected chi connectivity index (χ1v) is 5.80. The molecule has 0 radical (unpaired) electrons. The Labute approximate surface area is 120 Å². The monoisotopic (exact) mass is 303 g/mol. The van der Waals surface area contributed by atoms with Crippen molar-refractivity contribution in [2.24, 2.45) is 0 Å². The van der Waals surface area contributed by atoms with E-state index < -0.39 is 18.2 Å². The van der Waals surface area contributed by atoms with Gasteiger partial charge in [-0.05, 0) is 6.07 Å². The Morgan fingerprint density at radius 2 is 1.65 bits per heavy atom. The third-order valence-electron chi connectivity index (χ3n) is 2.47. The number of esters is 2. The second-order valence-corrected chi connectivity index (χ2v) is 3.91. The minimum atomic E-state index is -0.829. The van der Waals surface area contributed by atoms with Crippen LogP contribution in [0.4, 0.5) is 0 Å². The zero-order valence-electron chi connectivity index (χ0n) is 11.4. The third kappa shape index (κ3) is 3.24. The summed E-state index contributed by atoms with van der Waals surface area (Å²) in [7, 11) is 5.15. The predicted octanol–water partition coefficient (Wildman–Crippen LogP) is 1.60. The van der Waals surface area contributed by atoms with Crippen molar-refractivity contribution >= 4 is 23.5 Å². The Balaban J connectivity index is 3.46. The van der Waals surface area contributed by atoms with Gasteiger partial charge in [-0.2, -0.15) is 0 Å². The van der Waals surface area contributed by atoms with Crippen LogP contribution in [0.1, 0.15) is 32.7 Å². The minimum Gasteiger partial charge on any atom is -0.465 e. The van der Waals surface area contributed by atoms with Crippen LogP contribution in [-0.2, 0) is 18.9 Å². The second-order valence-electron chi connectivity index (χ2n) is 3.55. The van der Waals surface area contributed by atoms with Crippen LogP contribution < -0.4 is 0 Å². The molecule has 0 amide bonds. The summed E-state index contributed by atoms with van der Waals surface area (Å²) in [4.78, 5) is 27.2. The van der Waals surface area contributed by atoms with E-state index in [0.717, 1.165) is 0 Å². The molecule has 110 valence electrons. The number of nitrogens with zero attached hydrogens (tertiary/aromatic N) is 1. The van der Waals surface area contributed by atoms with Crippen molar-refractivity contribution in [2.45, 2.75) is 6.29 Å². The highest BCUT2D eigenvalue weighted by Crippen LogP contribution is 2.27. The van der Waals surface area contributed by atoms with Crippen LogP contribution in [0.15, 0.2) is 6.07 Å². The molecule has 1 aromatic heterocycles. The molecular weight excluding hydrogens is 290 g/mol. The van der Waals surface area contributed by atoms with Crippen LogP contribution in [0.3, 0.4) is 0 Å². The molecule has 0 fully saturated rings. The molecule has 20 heavy (non-hydrogen) atoms. The fourth-order valence-corrected chi connectivity index (χ4v) is 1.77. The maximum Gasteiger partial charge on any atom is 0.357 e.